The zero-order valence-electron chi connectivity index (χ0n) is 2.21. The molecule has 0 radical (unpaired) electrons. The molecule has 0 aromatic rings. The molecule has 0 N–H and O–H groups in total. The van der Waals surface area contributed by atoms with Crippen molar-refractivity contribution in [2.24, 2.45) is 0 Å². The maximum atomic E-state index is 8.64. The van der Waals surface area contributed by atoms with Gasteiger partial charge in [0.2, 0.25) is 0 Å². The van der Waals surface area contributed by atoms with E-state index < -0.39 is 20.0 Å². The van der Waals surface area contributed by atoms with Gasteiger partial charge in [-0.1, -0.05) is 0 Å². The molecule has 0 unspecified atom stereocenters. The van der Waals surface area contributed by atoms with E-state index in [0.29, 0.717) is 0 Å². The summed E-state index contributed by atoms with van der Waals surface area (Å²) >= 11 is -6.12. The standard InChI is InChI=1S/4O.Sc. The van der Waals surface area contributed by atoms with Crippen molar-refractivity contribution >= 4 is 0 Å². The summed E-state index contributed by atoms with van der Waals surface area (Å²) in [5.74, 6) is 0. The van der Waals surface area contributed by atoms with Crippen molar-refractivity contribution in [3.63, 3.8) is 0 Å². The molecular weight excluding hydrogens is 109 g/mol. The van der Waals surface area contributed by atoms with E-state index in [1.54, 1.807) is 0 Å². The van der Waals surface area contributed by atoms with Gasteiger partial charge in [-0.05, 0) is 0 Å². The van der Waals surface area contributed by atoms with Gasteiger partial charge in [0.25, 0.3) is 0 Å². The van der Waals surface area contributed by atoms with Gasteiger partial charge in [-0.2, -0.15) is 0 Å². The molecule has 0 saturated heterocycles. The monoisotopic (exact) mass is 109 g/mol. The number of hydrogen-bond donors (Lipinski definition) is 0. The Bertz CT molecular complexity index is 155. The van der Waals surface area contributed by atoms with E-state index >= 15 is 0 Å². The Balaban J connectivity index is 6.05. The molecule has 0 aromatic carbocycles. The SMILES string of the molecule is [O]=[Sc](=[O])(=[O])=[O]. The molecule has 0 aromatic heterocycles. The Labute approximate surface area is 31.8 Å². The van der Waals surface area contributed by atoms with E-state index in [1.165, 1.54) is 0 Å². The molecule has 4 nitrogen and oxygen atoms in total. The minimum absolute atomic E-state index is 6.12. The molecule has 5 heteroatoms. The van der Waals surface area contributed by atoms with Crippen LogP contribution in [-0.2, 0) is 31.4 Å². The van der Waals surface area contributed by atoms with E-state index in [9.17, 15) is 0 Å². The average molecular weight is 109 g/mol. The molecule has 0 atom stereocenters. The van der Waals surface area contributed by atoms with Gasteiger partial charge in [-0.15, -0.1) is 0 Å². The fourth-order valence-corrected chi connectivity index (χ4v) is 0. The van der Waals surface area contributed by atoms with Crippen LogP contribution in [-0.4, -0.2) is 0 Å². The van der Waals surface area contributed by atoms with Gasteiger partial charge < -0.3 is 0 Å². The summed E-state index contributed by atoms with van der Waals surface area (Å²) in [5.41, 5.74) is 0. The van der Waals surface area contributed by atoms with Gasteiger partial charge in [0.1, 0.15) is 0 Å². The second-order valence-electron chi connectivity index (χ2n) is 0.577. The van der Waals surface area contributed by atoms with Gasteiger partial charge in [-0.3, -0.25) is 0 Å². The third-order valence-corrected chi connectivity index (χ3v) is 0. The summed E-state index contributed by atoms with van der Waals surface area (Å²) in [6.07, 6.45) is 0. The topological polar surface area (TPSA) is 68.3 Å². The van der Waals surface area contributed by atoms with E-state index in [2.05, 4.69) is 0 Å². The first kappa shape index (κ1) is 5.07. The molecule has 0 spiro atoms. The van der Waals surface area contributed by atoms with Crippen LogP contribution in [0, 0.1) is 0 Å². The van der Waals surface area contributed by atoms with Crippen LogP contribution in [0.25, 0.3) is 0 Å². The van der Waals surface area contributed by atoms with Crippen molar-refractivity contribution in [2.45, 2.75) is 0 Å². The zero-order chi connectivity index (χ0) is 4.50. The van der Waals surface area contributed by atoms with Gasteiger partial charge in [0, 0.05) is 0 Å². The van der Waals surface area contributed by atoms with Crippen LogP contribution in [0.3, 0.4) is 0 Å². The first-order valence-corrected chi connectivity index (χ1v) is 3.89. The van der Waals surface area contributed by atoms with Crippen molar-refractivity contribution in [3.8, 4) is 0 Å². The van der Waals surface area contributed by atoms with Crippen molar-refractivity contribution in [3.05, 3.63) is 0 Å². The van der Waals surface area contributed by atoms with Crippen LogP contribution in [0.1, 0.15) is 0 Å². The molecule has 0 amide bonds. The third kappa shape index (κ3) is 3550. The van der Waals surface area contributed by atoms with Crippen LogP contribution in [0.5, 0.6) is 0 Å². The van der Waals surface area contributed by atoms with E-state index in [4.69, 9.17) is 11.4 Å². The fourth-order valence-electron chi connectivity index (χ4n) is 0. The Kier molecular flexibility index (Phi) is 1.06. The summed E-state index contributed by atoms with van der Waals surface area (Å²) in [7, 11) is 0. The maximum absolute atomic E-state index is 8.64. The quantitative estimate of drug-likeness (QED) is 0.421. The minimum atomic E-state index is -6.12. The Hall–Kier alpha value is 0.0701. The summed E-state index contributed by atoms with van der Waals surface area (Å²) in [6.45, 7) is 0. The van der Waals surface area contributed by atoms with E-state index in [1.807, 2.05) is 0 Å². The molecule has 0 bridgehead atoms. The second kappa shape index (κ2) is 1.04. The van der Waals surface area contributed by atoms with Crippen LogP contribution in [0.15, 0.2) is 0 Å². The molecule has 0 saturated carbocycles. The Morgan fingerprint density at radius 3 is 0.800 bits per heavy atom. The van der Waals surface area contributed by atoms with E-state index in [-0.39, 0.29) is 0 Å². The third-order valence-electron chi connectivity index (χ3n) is 0. The van der Waals surface area contributed by atoms with Crippen molar-refractivity contribution in [2.75, 3.05) is 0 Å². The average Bonchev–Trinajstić information content (AvgIpc) is 0.722. The molecule has 0 fully saturated rings. The fraction of sp³-hybridized carbons (Fsp3) is 0. The zero-order valence-corrected chi connectivity index (χ0v) is 4.01. The molecule has 0 heterocycles. The molecular formula is O4Sc. The van der Waals surface area contributed by atoms with Crippen LogP contribution >= 0.6 is 0 Å². The predicted molar refractivity (Wildman–Crippen MR) is 2.75 cm³/mol. The molecule has 0 aliphatic rings. The van der Waals surface area contributed by atoms with Crippen LogP contribution in [0.2, 0.25) is 0 Å². The first-order chi connectivity index (χ1) is 2.00. The van der Waals surface area contributed by atoms with E-state index in [0.717, 1.165) is 0 Å². The molecule has 5 heavy (non-hydrogen) atoms. The van der Waals surface area contributed by atoms with Crippen molar-refractivity contribution in [1.82, 2.24) is 0 Å². The summed E-state index contributed by atoms with van der Waals surface area (Å²) < 4.78 is 34.6. The molecule has 0 rings (SSSR count). The predicted octanol–water partition coefficient (Wildman–Crippen LogP) is -0.478. The summed E-state index contributed by atoms with van der Waals surface area (Å²) in [6, 6.07) is 0. The second-order valence-corrected chi connectivity index (χ2v) is 2.38. The van der Waals surface area contributed by atoms with Gasteiger partial charge in [0.15, 0.2) is 0 Å². The first-order valence-electron chi connectivity index (χ1n) is 0.943. The molecule has 0 aliphatic carbocycles. The van der Waals surface area contributed by atoms with Gasteiger partial charge in [0.05, 0.1) is 0 Å². The molecule has 0 aliphatic heterocycles. The van der Waals surface area contributed by atoms with Gasteiger partial charge >= 0.3 is 31.4 Å². The van der Waals surface area contributed by atoms with Gasteiger partial charge in [-0.25, -0.2) is 0 Å². The van der Waals surface area contributed by atoms with Crippen LogP contribution in [0.4, 0.5) is 0 Å². The summed E-state index contributed by atoms with van der Waals surface area (Å²) in [5, 5.41) is 0. The van der Waals surface area contributed by atoms with Crippen LogP contribution < -0.4 is 0 Å². The number of rotatable bonds is 0. The number of hydrogen-bond acceptors (Lipinski definition) is 4. The Morgan fingerprint density at radius 2 is 0.800 bits per heavy atom. The normalized spacial score (nSPS) is 4.80. The molecule has 27 valence electrons. The summed E-state index contributed by atoms with van der Waals surface area (Å²) in [4.78, 5) is 0. The van der Waals surface area contributed by atoms with Crippen molar-refractivity contribution < 1.29 is 31.4 Å². The van der Waals surface area contributed by atoms with Crippen molar-refractivity contribution in [1.29, 1.82) is 0 Å². The Morgan fingerprint density at radius 1 is 0.800 bits per heavy atom.